The van der Waals surface area contributed by atoms with Crippen LogP contribution in [0.1, 0.15) is 37.7 Å². The summed E-state index contributed by atoms with van der Waals surface area (Å²) in [4.78, 5) is 12.2. The fraction of sp³-hybridized carbons (Fsp3) is 0.364. The van der Waals surface area contributed by atoms with Crippen molar-refractivity contribution in [2.24, 2.45) is 0 Å². The maximum atomic E-state index is 12.6. The van der Waals surface area contributed by atoms with Gasteiger partial charge in [-0.15, -0.1) is 0 Å². The second-order valence-corrected chi connectivity index (χ2v) is 9.71. The number of thiocarbonyl (C=S) groups is 1. The summed E-state index contributed by atoms with van der Waals surface area (Å²) in [7, 11) is -3.56. The van der Waals surface area contributed by atoms with Crippen LogP contribution in [0.3, 0.4) is 0 Å². The topological polar surface area (TPSA) is 96.5 Å². The van der Waals surface area contributed by atoms with Gasteiger partial charge in [-0.1, -0.05) is 37.0 Å². The van der Waals surface area contributed by atoms with E-state index < -0.39 is 15.9 Å². The number of sulfonamides is 1. The molecule has 9 heteroatoms. The van der Waals surface area contributed by atoms with E-state index in [-0.39, 0.29) is 22.7 Å². The average Bonchev–Trinajstić information content (AvgIpc) is 2.74. The maximum Gasteiger partial charge on any atom is 0.264 e. The van der Waals surface area contributed by atoms with Crippen LogP contribution in [0.15, 0.2) is 53.4 Å². The number of carbonyl (C=O) groups is 1. The standard InChI is InChI=1S/C22H27N3O4S2/c1-16-7-11-19(12-8-16)29-15-21(26)24-22(30)23-17-9-13-20(14-10-17)31(27,28)25-18-5-3-2-4-6-18/h7-14,18,25H,2-6,15H2,1H3,(H2,23,24,26,30). The quantitative estimate of drug-likeness (QED) is 0.546. The SMILES string of the molecule is Cc1ccc(OCC(=O)NC(=S)Nc2ccc(S(=O)(=O)NC3CCCCC3)cc2)cc1. The van der Waals surface area contributed by atoms with Crippen LogP contribution in [0.5, 0.6) is 5.75 Å². The third-order valence-corrected chi connectivity index (χ3v) is 6.73. The second kappa shape index (κ2) is 10.7. The Morgan fingerprint density at radius 3 is 2.32 bits per heavy atom. The largest absolute Gasteiger partial charge is 0.484 e. The van der Waals surface area contributed by atoms with Crippen molar-refractivity contribution in [2.45, 2.75) is 50.0 Å². The van der Waals surface area contributed by atoms with Gasteiger partial charge in [-0.25, -0.2) is 13.1 Å². The molecule has 0 aromatic heterocycles. The maximum absolute atomic E-state index is 12.6. The molecular formula is C22H27N3O4S2. The van der Waals surface area contributed by atoms with Crippen molar-refractivity contribution in [3.8, 4) is 5.75 Å². The smallest absolute Gasteiger partial charge is 0.264 e. The summed E-state index contributed by atoms with van der Waals surface area (Å²) in [6.45, 7) is 1.80. The monoisotopic (exact) mass is 461 g/mol. The summed E-state index contributed by atoms with van der Waals surface area (Å²) in [6.07, 6.45) is 5.01. The lowest BCUT2D eigenvalue weighted by Crippen LogP contribution is -2.37. The third-order valence-electron chi connectivity index (χ3n) is 4.99. The van der Waals surface area contributed by atoms with Crippen LogP contribution in [-0.4, -0.2) is 32.1 Å². The molecule has 0 radical (unpaired) electrons. The highest BCUT2D eigenvalue weighted by atomic mass is 32.2. The first-order valence-electron chi connectivity index (χ1n) is 10.2. The van der Waals surface area contributed by atoms with E-state index in [0.717, 1.165) is 37.7 Å². The predicted octanol–water partition coefficient (Wildman–Crippen LogP) is 3.50. The first-order chi connectivity index (χ1) is 14.8. The van der Waals surface area contributed by atoms with Crippen molar-refractivity contribution < 1.29 is 17.9 Å². The van der Waals surface area contributed by atoms with E-state index in [2.05, 4.69) is 15.4 Å². The second-order valence-electron chi connectivity index (χ2n) is 7.58. The molecule has 31 heavy (non-hydrogen) atoms. The molecule has 3 N–H and O–H groups in total. The number of hydrogen-bond acceptors (Lipinski definition) is 5. The zero-order valence-corrected chi connectivity index (χ0v) is 19.0. The lowest BCUT2D eigenvalue weighted by atomic mass is 9.96. The van der Waals surface area contributed by atoms with Gasteiger partial charge in [0.1, 0.15) is 5.75 Å². The van der Waals surface area contributed by atoms with Gasteiger partial charge in [0.15, 0.2) is 11.7 Å². The van der Waals surface area contributed by atoms with Gasteiger partial charge in [0.05, 0.1) is 4.90 Å². The molecule has 0 saturated heterocycles. The highest BCUT2D eigenvalue weighted by molar-refractivity contribution is 7.89. The van der Waals surface area contributed by atoms with Crippen molar-refractivity contribution in [2.75, 3.05) is 11.9 Å². The number of amides is 1. The van der Waals surface area contributed by atoms with E-state index in [4.69, 9.17) is 17.0 Å². The minimum atomic E-state index is -3.56. The Morgan fingerprint density at radius 2 is 1.68 bits per heavy atom. The van der Waals surface area contributed by atoms with E-state index in [1.165, 1.54) is 12.1 Å². The number of nitrogens with one attached hydrogen (secondary N) is 3. The molecule has 0 aliphatic heterocycles. The number of aryl methyl sites for hydroxylation is 1. The van der Waals surface area contributed by atoms with Gasteiger partial charge in [-0.2, -0.15) is 0 Å². The summed E-state index contributed by atoms with van der Waals surface area (Å²) in [6, 6.07) is 13.6. The Bertz CT molecular complexity index is 1000. The fourth-order valence-electron chi connectivity index (χ4n) is 3.33. The molecule has 3 rings (SSSR count). The third kappa shape index (κ3) is 7.30. The summed E-state index contributed by atoms with van der Waals surface area (Å²) in [5, 5.41) is 5.51. The van der Waals surface area contributed by atoms with Gasteiger partial charge in [0, 0.05) is 11.7 Å². The summed E-state index contributed by atoms with van der Waals surface area (Å²) < 4.78 is 33.3. The zero-order chi connectivity index (χ0) is 22.3. The van der Waals surface area contributed by atoms with Crippen LogP contribution >= 0.6 is 12.2 Å². The molecule has 1 aliphatic rings. The van der Waals surface area contributed by atoms with Gasteiger partial charge >= 0.3 is 0 Å². The number of anilines is 1. The summed E-state index contributed by atoms with van der Waals surface area (Å²) >= 11 is 5.15. The van der Waals surface area contributed by atoms with Crippen LogP contribution in [0, 0.1) is 6.92 Å². The Morgan fingerprint density at radius 1 is 1.03 bits per heavy atom. The molecule has 1 saturated carbocycles. The zero-order valence-electron chi connectivity index (χ0n) is 17.4. The first kappa shape index (κ1) is 23.2. The molecule has 1 fully saturated rings. The Labute approximate surface area is 188 Å². The van der Waals surface area contributed by atoms with Gasteiger partial charge in [-0.3, -0.25) is 10.1 Å². The highest BCUT2D eigenvalue weighted by Gasteiger charge is 2.21. The molecule has 1 aliphatic carbocycles. The van der Waals surface area contributed by atoms with Crippen LogP contribution in [-0.2, 0) is 14.8 Å². The lowest BCUT2D eigenvalue weighted by molar-refractivity contribution is -0.121. The van der Waals surface area contributed by atoms with Gasteiger partial charge in [0.2, 0.25) is 10.0 Å². The molecule has 0 heterocycles. The lowest BCUT2D eigenvalue weighted by Gasteiger charge is -2.22. The Hall–Kier alpha value is -2.49. The van der Waals surface area contributed by atoms with Gasteiger partial charge in [0.25, 0.3) is 5.91 Å². The molecule has 2 aromatic carbocycles. The molecule has 7 nitrogen and oxygen atoms in total. The minimum absolute atomic E-state index is 0.00136. The fourth-order valence-corrected chi connectivity index (χ4v) is 4.87. The van der Waals surface area contributed by atoms with Crippen LogP contribution < -0.4 is 20.1 Å². The van der Waals surface area contributed by atoms with Crippen molar-refractivity contribution in [3.63, 3.8) is 0 Å². The number of benzene rings is 2. The van der Waals surface area contributed by atoms with Crippen molar-refractivity contribution in [3.05, 3.63) is 54.1 Å². The average molecular weight is 462 g/mol. The summed E-state index contributed by atoms with van der Waals surface area (Å²) in [5.41, 5.74) is 1.67. The molecule has 2 aromatic rings. The van der Waals surface area contributed by atoms with E-state index in [9.17, 15) is 13.2 Å². The van der Waals surface area contributed by atoms with E-state index in [1.54, 1.807) is 24.3 Å². The molecule has 1 amide bonds. The molecule has 0 unspecified atom stereocenters. The van der Waals surface area contributed by atoms with Crippen molar-refractivity contribution >= 4 is 38.9 Å². The van der Waals surface area contributed by atoms with Crippen LogP contribution in [0.25, 0.3) is 0 Å². The number of ether oxygens (including phenoxy) is 1. The molecule has 0 bridgehead atoms. The predicted molar refractivity (Wildman–Crippen MR) is 125 cm³/mol. The van der Waals surface area contributed by atoms with Crippen molar-refractivity contribution in [1.29, 1.82) is 0 Å². The van der Waals surface area contributed by atoms with E-state index >= 15 is 0 Å². The van der Waals surface area contributed by atoms with Crippen LogP contribution in [0.2, 0.25) is 0 Å². The normalized spacial score (nSPS) is 14.6. The summed E-state index contributed by atoms with van der Waals surface area (Å²) in [5.74, 6) is 0.201. The first-order valence-corrected chi connectivity index (χ1v) is 12.1. The van der Waals surface area contributed by atoms with E-state index in [0.29, 0.717) is 11.4 Å². The molecule has 0 spiro atoms. The molecule has 166 valence electrons. The molecular weight excluding hydrogens is 434 g/mol. The van der Waals surface area contributed by atoms with Gasteiger partial charge in [-0.05, 0) is 68.4 Å². The Balaban J connectivity index is 1.47. The van der Waals surface area contributed by atoms with Crippen LogP contribution in [0.4, 0.5) is 5.69 Å². The van der Waals surface area contributed by atoms with Crippen molar-refractivity contribution in [1.82, 2.24) is 10.0 Å². The highest BCUT2D eigenvalue weighted by Crippen LogP contribution is 2.21. The van der Waals surface area contributed by atoms with Gasteiger partial charge < -0.3 is 10.1 Å². The van der Waals surface area contributed by atoms with E-state index in [1.807, 2.05) is 19.1 Å². The number of carbonyl (C=O) groups excluding carboxylic acids is 1. The number of rotatable bonds is 7. The number of hydrogen-bond donors (Lipinski definition) is 3. The molecule has 0 atom stereocenters. The Kier molecular flexibility index (Phi) is 8.00. The minimum Gasteiger partial charge on any atom is -0.484 e.